The van der Waals surface area contributed by atoms with E-state index >= 15 is 0 Å². The van der Waals surface area contributed by atoms with E-state index in [9.17, 15) is 4.79 Å². The fourth-order valence-corrected chi connectivity index (χ4v) is 3.98. The predicted molar refractivity (Wildman–Crippen MR) is 94.5 cm³/mol. The van der Waals surface area contributed by atoms with Crippen molar-refractivity contribution in [2.45, 2.75) is 31.7 Å². The number of nitrogens with zero attached hydrogens (tertiary/aromatic N) is 2. The third-order valence-electron chi connectivity index (χ3n) is 5.40. The molecule has 2 aliphatic heterocycles. The maximum Gasteiger partial charge on any atom is 0.207 e. The smallest absolute Gasteiger partial charge is 0.207 e. The van der Waals surface area contributed by atoms with Gasteiger partial charge in [0.2, 0.25) is 6.41 Å². The molecule has 2 fully saturated rings. The van der Waals surface area contributed by atoms with Gasteiger partial charge in [-0.2, -0.15) is 0 Å². The molecule has 0 atom stereocenters. The zero-order chi connectivity index (χ0) is 16.1. The van der Waals surface area contributed by atoms with E-state index in [0.717, 1.165) is 31.7 Å². The lowest BCUT2D eigenvalue weighted by Gasteiger charge is -2.42. The second-order valence-corrected chi connectivity index (χ2v) is 6.78. The minimum absolute atomic E-state index is 0.653. The summed E-state index contributed by atoms with van der Waals surface area (Å²) in [5, 5.41) is 2.82. The van der Waals surface area contributed by atoms with Crippen molar-refractivity contribution in [1.29, 1.82) is 0 Å². The molecule has 0 aliphatic carbocycles. The van der Waals surface area contributed by atoms with Gasteiger partial charge in [0.25, 0.3) is 0 Å². The maximum absolute atomic E-state index is 10.4. The van der Waals surface area contributed by atoms with Gasteiger partial charge in [-0.15, -0.1) is 0 Å². The first kappa shape index (κ1) is 16.1. The summed E-state index contributed by atoms with van der Waals surface area (Å²) in [6.45, 7) is 5.35. The molecule has 0 unspecified atom stereocenters. The van der Waals surface area contributed by atoms with E-state index in [1.54, 1.807) is 0 Å². The van der Waals surface area contributed by atoms with Gasteiger partial charge in [-0.1, -0.05) is 12.1 Å². The summed E-state index contributed by atoms with van der Waals surface area (Å²) in [5.74, 6) is 0.653. The largest absolute Gasteiger partial charge is 0.397 e. The number of hydrogen-bond acceptors (Lipinski definition) is 4. The van der Waals surface area contributed by atoms with Crippen LogP contribution in [0.5, 0.6) is 0 Å². The van der Waals surface area contributed by atoms with E-state index in [0.29, 0.717) is 12.0 Å². The average molecular weight is 316 g/mol. The van der Waals surface area contributed by atoms with Crippen LogP contribution in [0.2, 0.25) is 0 Å². The monoisotopic (exact) mass is 316 g/mol. The van der Waals surface area contributed by atoms with Crippen LogP contribution in [0.15, 0.2) is 24.3 Å². The molecule has 2 saturated heterocycles. The SMILES string of the molecule is Nc1ccccc1N1CCC(N2CCC(CNC=O)CC2)CC1. The minimum atomic E-state index is 0.653. The lowest BCUT2D eigenvalue weighted by atomic mass is 9.93. The van der Waals surface area contributed by atoms with Gasteiger partial charge in [-0.25, -0.2) is 0 Å². The highest BCUT2D eigenvalue weighted by Gasteiger charge is 2.28. The highest BCUT2D eigenvalue weighted by atomic mass is 16.1. The zero-order valence-electron chi connectivity index (χ0n) is 13.8. The molecule has 0 saturated carbocycles. The molecule has 0 bridgehead atoms. The van der Waals surface area contributed by atoms with Crippen LogP contribution in [-0.2, 0) is 4.79 Å². The second-order valence-electron chi connectivity index (χ2n) is 6.78. The number of rotatable bonds is 5. The maximum atomic E-state index is 10.4. The first-order valence-corrected chi connectivity index (χ1v) is 8.78. The fourth-order valence-electron chi connectivity index (χ4n) is 3.98. The van der Waals surface area contributed by atoms with Crippen LogP contribution in [0.4, 0.5) is 11.4 Å². The number of likely N-dealkylation sites (tertiary alicyclic amines) is 1. The normalized spacial score (nSPS) is 21.3. The van der Waals surface area contributed by atoms with E-state index in [-0.39, 0.29) is 0 Å². The number of nitrogen functional groups attached to an aromatic ring is 1. The summed E-state index contributed by atoms with van der Waals surface area (Å²) in [7, 11) is 0. The summed E-state index contributed by atoms with van der Waals surface area (Å²) >= 11 is 0. The Morgan fingerprint density at radius 3 is 2.43 bits per heavy atom. The van der Waals surface area contributed by atoms with Crippen LogP contribution in [0, 0.1) is 5.92 Å². The first-order chi connectivity index (χ1) is 11.3. The zero-order valence-corrected chi connectivity index (χ0v) is 13.8. The number of hydrogen-bond donors (Lipinski definition) is 2. The quantitative estimate of drug-likeness (QED) is 0.641. The Labute approximate surface area is 138 Å². The van der Waals surface area contributed by atoms with Crippen molar-refractivity contribution < 1.29 is 4.79 Å². The highest BCUT2D eigenvalue weighted by Crippen LogP contribution is 2.28. The molecule has 0 radical (unpaired) electrons. The van der Waals surface area contributed by atoms with Crippen LogP contribution in [-0.4, -0.2) is 50.1 Å². The number of carbonyl (C=O) groups is 1. The molecule has 5 heteroatoms. The van der Waals surface area contributed by atoms with Gasteiger partial charge < -0.3 is 20.9 Å². The molecule has 0 spiro atoms. The summed E-state index contributed by atoms with van der Waals surface area (Å²) in [6, 6.07) is 8.88. The third-order valence-corrected chi connectivity index (χ3v) is 5.40. The molecule has 3 N–H and O–H groups in total. The number of para-hydroxylation sites is 2. The number of amides is 1. The van der Waals surface area contributed by atoms with Crippen LogP contribution < -0.4 is 16.0 Å². The Morgan fingerprint density at radius 1 is 1.09 bits per heavy atom. The number of benzene rings is 1. The Hall–Kier alpha value is -1.75. The van der Waals surface area contributed by atoms with Crippen LogP contribution in [0.1, 0.15) is 25.7 Å². The van der Waals surface area contributed by atoms with Gasteiger partial charge in [0.15, 0.2) is 0 Å². The Balaban J connectivity index is 1.46. The van der Waals surface area contributed by atoms with Gasteiger partial charge in [0, 0.05) is 25.7 Å². The molecule has 23 heavy (non-hydrogen) atoms. The van der Waals surface area contributed by atoms with Gasteiger partial charge >= 0.3 is 0 Å². The number of piperidine rings is 2. The molecule has 1 aromatic rings. The molecule has 1 aromatic carbocycles. The molecule has 5 nitrogen and oxygen atoms in total. The van der Waals surface area contributed by atoms with Crippen molar-refractivity contribution in [3.8, 4) is 0 Å². The second kappa shape index (κ2) is 7.68. The summed E-state index contributed by atoms with van der Waals surface area (Å²) < 4.78 is 0. The van der Waals surface area contributed by atoms with E-state index in [2.05, 4.69) is 27.2 Å². The first-order valence-electron chi connectivity index (χ1n) is 8.78. The molecule has 2 aliphatic rings. The van der Waals surface area contributed by atoms with Crippen molar-refractivity contribution >= 4 is 17.8 Å². The van der Waals surface area contributed by atoms with Crippen LogP contribution in [0.25, 0.3) is 0 Å². The summed E-state index contributed by atoms with van der Waals surface area (Å²) in [5.41, 5.74) is 8.17. The Morgan fingerprint density at radius 2 is 1.78 bits per heavy atom. The average Bonchev–Trinajstić information content (AvgIpc) is 2.61. The summed E-state index contributed by atoms with van der Waals surface area (Å²) in [4.78, 5) is 15.5. The minimum Gasteiger partial charge on any atom is -0.397 e. The molecule has 3 rings (SSSR count). The highest BCUT2D eigenvalue weighted by molar-refractivity contribution is 5.67. The van der Waals surface area contributed by atoms with E-state index in [1.165, 1.54) is 44.5 Å². The van der Waals surface area contributed by atoms with Crippen LogP contribution in [0.3, 0.4) is 0 Å². The summed E-state index contributed by atoms with van der Waals surface area (Å²) in [6.07, 6.45) is 5.65. The number of nitrogens with one attached hydrogen (secondary N) is 1. The molecule has 1 amide bonds. The number of anilines is 2. The van der Waals surface area contributed by atoms with Crippen LogP contribution >= 0.6 is 0 Å². The number of carbonyl (C=O) groups excluding carboxylic acids is 1. The van der Waals surface area contributed by atoms with Gasteiger partial charge in [0.05, 0.1) is 11.4 Å². The number of nitrogens with two attached hydrogens (primary N) is 1. The lowest BCUT2D eigenvalue weighted by Crippen LogP contribution is -2.48. The van der Waals surface area contributed by atoms with Crippen molar-refractivity contribution in [3.63, 3.8) is 0 Å². The fraction of sp³-hybridized carbons (Fsp3) is 0.611. The van der Waals surface area contributed by atoms with Gasteiger partial charge in [-0.05, 0) is 56.8 Å². The Bertz CT molecular complexity index is 505. The van der Waals surface area contributed by atoms with Gasteiger partial charge in [0.1, 0.15) is 0 Å². The standard InChI is InChI=1S/C18H28N4O/c19-17-3-1-2-4-18(17)22-11-7-16(8-12-22)21-9-5-15(6-10-21)13-20-14-23/h1-4,14-16H,5-13,19H2,(H,20,23). The van der Waals surface area contributed by atoms with E-state index < -0.39 is 0 Å². The molecular weight excluding hydrogens is 288 g/mol. The molecule has 0 aromatic heterocycles. The molecule has 126 valence electrons. The van der Waals surface area contributed by atoms with Crippen molar-refractivity contribution in [2.24, 2.45) is 5.92 Å². The topological polar surface area (TPSA) is 61.6 Å². The molecule has 2 heterocycles. The predicted octanol–water partition coefficient (Wildman–Crippen LogP) is 1.70. The van der Waals surface area contributed by atoms with Crippen molar-refractivity contribution in [2.75, 3.05) is 43.4 Å². The lowest BCUT2D eigenvalue weighted by molar-refractivity contribution is -0.109. The van der Waals surface area contributed by atoms with Crippen molar-refractivity contribution in [3.05, 3.63) is 24.3 Å². The van der Waals surface area contributed by atoms with E-state index in [1.807, 2.05) is 12.1 Å². The molecular formula is C18H28N4O. The third kappa shape index (κ3) is 3.96. The van der Waals surface area contributed by atoms with Gasteiger partial charge in [-0.3, -0.25) is 4.79 Å². The Kier molecular flexibility index (Phi) is 5.39. The van der Waals surface area contributed by atoms with E-state index in [4.69, 9.17) is 5.73 Å². The van der Waals surface area contributed by atoms with Crippen molar-refractivity contribution in [1.82, 2.24) is 10.2 Å².